The molecule has 0 spiro atoms. The zero-order valence-corrected chi connectivity index (χ0v) is 42.3. The summed E-state index contributed by atoms with van der Waals surface area (Å²) < 4.78 is 16.8. The standard InChI is InChI=1S/C58H102O6/c1-4-7-10-13-16-19-22-25-26-27-28-29-30-31-32-34-36-39-42-45-48-51-57(60)63-54-55(53-62-56(59)50-47-44-41-38-35-24-21-18-15-12-9-6-3)64-58(61)52-49-46-43-40-37-33-23-20-17-14-11-8-5-2/h7,10,16,18-19,21,25-26,28-29,55H,4-6,8-9,11-15,17,20,22-24,27,30-54H2,1-3H3/b10-7-,19-16-,21-18-,26-25-,29-28-. The van der Waals surface area contributed by atoms with Gasteiger partial charge in [0.05, 0.1) is 0 Å². The Hall–Kier alpha value is -2.89. The Morgan fingerprint density at radius 1 is 0.328 bits per heavy atom. The molecule has 0 aliphatic carbocycles. The average molecular weight is 895 g/mol. The SMILES string of the molecule is CC/C=C\C/C=C\C/C=C\C/C=C\CCCCCCCCCCC(=O)OCC(COC(=O)CCCCCCC/C=C\CCCCC)OC(=O)CCCCCCCCCCCCCCC. The summed E-state index contributed by atoms with van der Waals surface area (Å²) in [6.07, 6.45) is 64.9. The van der Waals surface area contributed by atoms with Crippen LogP contribution in [-0.2, 0) is 28.6 Å². The molecule has 0 radical (unpaired) electrons. The minimum absolute atomic E-state index is 0.0789. The van der Waals surface area contributed by atoms with Crippen LogP contribution in [0, 0.1) is 0 Å². The van der Waals surface area contributed by atoms with Crippen molar-refractivity contribution in [2.24, 2.45) is 0 Å². The first-order valence-electron chi connectivity index (χ1n) is 27.3. The van der Waals surface area contributed by atoms with Crippen molar-refractivity contribution >= 4 is 17.9 Å². The number of carbonyl (C=O) groups is 3. The van der Waals surface area contributed by atoms with Crippen LogP contribution in [0.3, 0.4) is 0 Å². The quantitative estimate of drug-likeness (QED) is 0.0262. The predicted molar refractivity (Wildman–Crippen MR) is 275 cm³/mol. The van der Waals surface area contributed by atoms with Crippen molar-refractivity contribution in [1.82, 2.24) is 0 Å². The van der Waals surface area contributed by atoms with Gasteiger partial charge in [0.2, 0.25) is 0 Å². The first-order valence-corrected chi connectivity index (χ1v) is 27.3. The summed E-state index contributed by atoms with van der Waals surface area (Å²) in [7, 11) is 0. The molecule has 0 amide bonds. The minimum Gasteiger partial charge on any atom is -0.462 e. The lowest BCUT2D eigenvalue weighted by molar-refractivity contribution is -0.167. The van der Waals surface area contributed by atoms with Gasteiger partial charge >= 0.3 is 17.9 Å². The molecule has 370 valence electrons. The molecule has 64 heavy (non-hydrogen) atoms. The number of carbonyl (C=O) groups excluding carboxylic acids is 3. The minimum atomic E-state index is -0.777. The summed E-state index contributed by atoms with van der Waals surface area (Å²) in [5, 5.41) is 0. The predicted octanol–water partition coefficient (Wildman–Crippen LogP) is 18.0. The van der Waals surface area contributed by atoms with Gasteiger partial charge in [0, 0.05) is 19.3 Å². The molecule has 0 saturated heterocycles. The number of unbranched alkanes of at least 4 members (excludes halogenated alkanes) is 28. The highest BCUT2D eigenvalue weighted by molar-refractivity contribution is 5.71. The second kappa shape index (κ2) is 52.7. The zero-order chi connectivity index (χ0) is 46.5. The van der Waals surface area contributed by atoms with Crippen LogP contribution in [0.1, 0.15) is 271 Å². The summed E-state index contributed by atoms with van der Waals surface area (Å²) in [6, 6.07) is 0. The van der Waals surface area contributed by atoms with Gasteiger partial charge in [-0.05, 0) is 83.5 Å². The van der Waals surface area contributed by atoms with Crippen LogP contribution in [0.5, 0.6) is 0 Å². The van der Waals surface area contributed by atoms with Crippen molar-refractivity contribution in [1.29, 1.82) is 0 Å². The zero-order valence-electron chi connectivity index (χ0n) is 42.3. The molecule has 0 N–H and O–H groups in total. The third kappa shape index (κ3) is 50.1. The first kappa shape index (κ1) is 61.1. The summed E-state index contributed by atoms with van der Waals surface area (Å²) in [5.41, 5.74) is 0. The average Bonchev–Trinajstić information content (AvgIpc) is 3.29. The molecule has 0 aromatic rings. The van der Waals surface area contributed by atoms with Gasteiger partial charge < -0.3 is 14.2 Å². The molecule has 0 bridgehead atoms. The smallest absolute Gasteiger partial charge is 0.306 e. The molecular formula is C58H102O6. The molecule has 6 nitrogen and oxygen atoms in total. The highest BCUT2D eigenvalue weighted by atomic mass is 16.6. The van der Waals surface area contributed by atoms with Crippen LogP contribution in [0.25, 0.3) is 0 Å². The lowest BCUT2D eigenvalue weighted by Crippen LogP contribution is -2.30. The topological polar surface area (TPSA) is 78.9 Å². The molecule has 1 atom stereocenters. The molecule has 0 saturated carbocycles. The number of esters is 3. The highest BCUT2D eigenvalue weighted by Crippen LogP contribution is 2.15. The largest absolute Gasteiger partial charge is 0.462 e. The maximum Gasteiger partial charge on any atom is 0.306 e. The second-order valence-electron chi connectivity index (χ2n) is 18.1. The van der Waals surface area contributed by atoms with Gasteiger partial charge in [-0.15, -0.1) is 0 Å². The van der Waals surface area contributed by atoms with E-state index in [1.165, 1.54) is 135 Å². The Morgan fingerprint density at radius 2 is 0.609 bits per heavy atom. The fourth-order valence-corrected chi connectivity index (χ4v) is 7.66. The number of ether oxygens (including phenoxy) is 3. The van der Waals surface area contributed by atoms with Crippen LogP contribution in [0.2, 0.25) is 0 Å². The second-order valence-corrected chi connectivity index (χ2v) is 18.1. The van der Waals surface area contributed by atoms with E-state index < -0.39 is 6.10 Å². The van der Waals surface area contributed by atoms with Crippen molar-refractivity contribution < 1.29 is 28.6 Å². The van der Waals surface area contributed by atoms with E-state index >= 15 is 0 Å². The molecule has 0 rings (SSSR count). The molecule has 0 aliphatic heterocycles. The van der Waals surface area contributed by atoms with Crippen molar-refractivity contribution in [2.45, 2.75) is 277 Å². The summed E-state index contributed by atoms with van der Waals surface area (Å²) in [5.74, 6) is -0.887. The van der Waals surface area contributed by atoms with E-state index in [9.17, 15) is 14.4 Å². The van der Waals surface area contributed by atoms with E-state index in [0.717, 1.165) is 96.3 Å². The van der Waals surface area contributed by atoms with E-state index in [1.807, 2.05) is 0 Å². The van der Waals surface area contributed by atoms with Gasteiger partial charge in [-0.25, -0.2) is 0 Å². The number of rotatable bonds is 49. The van der Waals surface area contributed by atoms with Crippen LogP contribution in [0.4, 0.5) is 0 Å². The van der Waals surface area contributed by atoms with Crippen LogP contribution >= 0.6 is 0 Å². The Labute approximate surface area is 396 Å². The number of allylic oxidation sites excluding steroid dienone is 10. The number of hydrogen-bond donors (Lipinski definition) is 0. The van der Waals surface area contributed by atoms with Crippen molar-refractivity contribution in [3.8, 4) is 0 Å². The van der Waals surface area contributed by atoms with Gasteiger partial charge in [0.1, 0.15) is 13.2 Å². The van der Waals surface area contributed by atoms with Crippen LogP contribution < -0.4 is 0 Å². The van der Waals surface area contributed by atoms with Gasteiger partial charge in [-0.3, -0.25) is 14.4 Å². The molecule has 0 aromatic heterocycles. The molecule has 0 fully saturated rings. The van der Waals surface area contributed by atoms with Crippen LogP contribution in [0.15, 0.2) is 60.8 Å². The molecule has 0 heterocycles. The van der Waals surface area contributed by atoms with Crippen LogP contribution in [-0.4, -0.2) is 37.2 Å². The Balaban J connectivity index is 4.32. The third-order valence-corrected chi connectivity index (χ3v) is 11.8. The van der Waals surface area contributed by atoms with Gasteiger partial charge in [-0.2, -0.15) is 0 Å². The molecular weight excluding hydrogens is 793 g/mol. The Morgan fingerprint density at radius 3 is 1.00 bits per heavy atom. The van der Waals surface area contributed by atoms with E-state index in [1.54, 1.807) is 0 Å². The third-order valence-electron chi connectivity index (χ3n) is 11.8. The van der Waals surface area contributed by atoms with Gasteiger partial charge in [-0.1, -0.05) is 229 Å². The fraction of sp³-hybridized carbons (Fsp3) is 0.776. The van der Waals surface area contributed by atoms with E-state index in [0.29, 0.717) is 19.3 Å². The first-order chi connectivity index (χ1) is 31.5. The van der Waals surface area contributed by atoms with Gasteiger partial charge in [0.15, 0.2) is 6.10 Å². The lowest BCUT2D eigenvalue weighted by atomic mass is 10.0. The summed E-state index contributed by atoms with van der Waals surface area (Å²) in [6.45, 7) is 6.50. The van der Waals surface area contributed by atoms with Crippen molar-refractivity contribution in [2.75, 3.05) is 13.2 Å². The van der Waals surface area contributed by atoms with Gasteiger partial charge in [0.25, 0.3) is 0 Å². The molecule has 1 unspecified atom stereocenters. The maximum absolute atomic E-state index is 12.8. The summed E-state index contributed by atoms with van der Waals surface area (Å²) >= 11 is 0. The summed E-state index contributed by atoms with van der Waals surface area (Å²) in [4.78, 5) is 38.0. The van der Waals surface area contributed by atoms with E-state index in [2.05, 4.69) is 81.5 Å². The number of hydrogen-bond acceptors (Lipinski definition) is 6. The van der Waals surface area contributed by atoms with E-state index in [-0.39, 0.29) is 31.1 Å². The van der Waals surface area contributed by atoms with Crippen molar-refractivity contribution in [3.63, 3.8) is 0 Å². The monoisotopic (exact) mass is 895 g/mol. The highest BCUT2D eigenvalue weighted by Gasteiger charge is 2.19. The Kier molecular flexibility index (Phi) is 50.4. The molecule has 0 aliphatic rings. The van der Waals surface area contributed by atoms with Crippen molar-refractivity contribution in [3.05, 3.63) is 60.8 Å². The maximum atomic E-state index is 12.8. The lowest BCUT2D eigenvalue weighted by Gasteiger charge is -2.18. The molecule has 6 heteroatoms. The fourth-order valence-electron chi connectivity index (χ4n) is 7.66. The normalized spacial score (nSPS) is 12.5. The molecule has 0 aromatic carbocycles. The van der Waals surface area contributed by atoms with E-state index in [4.69, 9.17) is 14.2 Å². The Bertz CT molecular complexity index is 1170.